The quantitative estimate of drug-likeness (QED) is 0.815. The minimum atomic E-state index is 0.0830. The normalized spacial score (nSPS) is 35.0. The van der Waals surface area contributed by atoms with Crippen LogP contribution >= 0.6 is 0 Å². The Morgan fingerprint density at radius 1 is 1.28 bits per heavy atom. The summed E-state index contributed by atoms with van der Waals surface area (Å²) in [5.74, 6) is 1.89. The average molecular weight is 245 g/mol. The van der Waals surface area contributed by atoms with Crippen molar-refractivity contribution in [3.05, 3.63) is 29.8 Å². The van der Waals surface area contributed by atoms with Crippen LogP contribution in [0.15, 0.2) is 24.3 Å². The molecule has 3 rings (SSSR count). The van der Waals surface area contributed by atoms with Crippen LogP contribution in [0.25, 0.3) is 0 Å². The van der Waals surface area contributed by atoms with Crippen LogP contribution in [0.3, 0.4) is 0 Å². The molecule has 1 N–H and O–H groups in total. The van der Waals surface area contributed by atoms with E-state index in [0.29, 0.717) is 6.04 Å². The van der Waals surface area contributed by atoms with Gasteiger partial charge in [0.15, 0.2) is 0 Å². The summed E-state index contributed by atoms with van der Waals surface area (Å²) in [5, 5.41) is 3.47. The number of ether oxygens (including phenoxy) is 1. The van der Waals surface area contributed by atoms with Crippen LogP contribution in [0, 0.1) is 5.92 Å². The molecule has 2 nitrogen and oxygen atoms in total. The van der Waals surface area contributed by atoms with E-state index in [-0.39, 0.29) is 5.60 Å². The van der Waals surface area contributed by atoms with Crippen LogP contribution in [0.2, 0.25) is 0 Å². The van der Waals surface area contributed by atoms with E-state index in [4.69, 9.17) is 4.74 Å². The van der Waals surface area contributed by atoms with Crippen LogP contribution in [0.4, 0.5) is 0 Å². The van der Waals surface area contributed by atoms with Gasteiger partial charge in [0.1, 0.15) is 11.4 Å². The van der Waals surface area contributed by atoms with Gasteiger partial charge in [-0.05, 0) is 38.3 Å². The highest BCUT2D eigenvalue weighted by Gasteiger charge is 2.42. The number of para-hydroxylation sites is 1. The molecule has 1 aliphatic carbocycles. The maximum Gasteiger partial charge on any atom is 0.124 e. The van der Waals surface area contributed by atoms with Crippen LogP contribution in [0.1, 0.15) is 50.6 Å². The molecule has 0 bridgehead atoms. The van der Waals surface area contributed by atoms with Crippen LogP contribution in [0.5, 0.6) is 5.75 Å². The van der Waals surface area contributed by atoms with E-state index in [1.807, 2.05) is 0 Å². The topological polar surface area (TPSA) is 21.3 Å². The Morgan fingerprint density at radius 2 is 2.11 bits per heavy atom. The van der Waals surface area contributed by atoms with Gasteiger partial charge in [-0.2, -0.15) is 0 Å². The standard InChI is InChI=1S/C16H23NO/c1-12-6-5-9-16(10-12)11-14(17-2)13-7-3-4-8-15(13)18-16/h3-4,7-8,12,14,17H,5-6,9-11H2,1-2H3. The molecular weight excluding hydrogens is 222 g/mol. The summed E-state index contributed by atoms with van der Waals surface area (Å²) >= 11 is 0. The predicted molar refractivity (Wildman–Crippen MR) is 73.9 cm³/mol. The van der Waals surface area contributed by atoms with E-state index in [9.17, 15) is 0 Å². The molecule has 98 valence electrons. The second-order valence-electron chi connectivity index (χ2n) is 6.07. The molecule has 1 heterocycles. The largest absolute Gasteiger partial charge is 0.487 e. The van der Waals surface area contributed by atoms with Crippen molar-refractivity contribution in [2.45, 2.75) is 50.7 Å². The van der Waals surface area contributed by atoms with E-state index in [1.165, 1.54) is 31.2 Å². The third-order valence-electron chi connectivity index (χ3n) is 4.60. The average Bonchev–Trinajstić information content (AvgIpc) is 2.37. The zero-order chi connectivity index (χ0) is 12.6. The van der Waals surface area contributed by atoms with Crippen molar-refractivity contribution in [1.29, 1.82) is 0 Å². The second kappa shape index (κ2) is 4.58. The highest BCUT2D eigenvalue weighted by molar-refractivity contribution is 5.39. The van der Waals surface area contributed by atoms with Crippen LogP contribution in [-0.4, -0.2) is 12.6 Å². The van der Waals surface area contributed by atoms with Crippen molar-refractivity contribution in [2.24, 2.45) is 5.92 Å². The fraction of sp³-hybridized carbons (Fsp3) is 0.625. The van der Waals surface area contributed by atoms with Gasteiger partial charge >= 0.3 is 0 Å². The zero-order valence-electron chi connectivity index (χ0n) is 11.4. The number of fused-ring (bicyclic) bond motifs is 1. The van der Waals surface area contributed by atoms with Gasteiger partial charge in [0.2, 0.25) is 0 Å². The molecule has 0 amide bonds. The van der Waals surface area contributed by atoms with Crippen LogP contribution < -0.4 is 10.1 Å². The van der Waals surface area contributed by atoms with Gasteiger partial charge in [0.25, 0.3) is 0 Å². The van der Waals surface area contributed by atoms with E-state index < -0.39 is 0 Å². The molecule has 3 atom stereocenters. The highest BCUT2D eigenvalue weighted by Crippen LogP contribution is 2.47. The van der Waals surface area contributed by atoms with Gasteiger partial charge < -0.3 is 10.1 Å². The molecule has 1 saturated carbocycles. The maximum atomic E-state index is 6.42. The molecule has 1 aromatic carbocycles. The summed E-state index contributed by atoms with van der Waals surface area (Å²) in [6.45, 7) is 2.36. The smallest absolute Gasteiger partial charge is 0.124 e. The lowest BCUT2D eigenvalue weighted by molar-refractivity contribution is -0.0172. The Hall–Kier alpha value is -1.02. The molecule has 1 fully saturated rings. The maximum absolute atomic E-state index is 6.42. The van der Waals surface area contributed by atoms with Crippen molar-refractivity contribution >= 4 is 0 Å². The number of rotatable bonds is 1. The Morgan fingerprint density at radius 3 is 2.89 bits per heavy atom. The summed E-state index contributed by atoms with van der Waals surface area (Å²) in [4.78, 5) is 0. The minimum Gasteiger partial charge on any atom is -0.487 e. The van der Waals surface area contributed by atoms with Gasteiger partial charge in [0, 0.05) is 18.0 Å². The third-order valence-corrected chi connectivity index (χ3v) is 4.60. The number of benzene rings is 1. The lowest BCUT2D eigenvalue weighted by Crippen LogP contribution is -2.46. The highest BCUT2D eigenvalue weighted by atomic mass is 16.5. The molecule has 3 unspecified atom stereocenters. The fourth-order valence-corrected chi connectivity index (χ4v) is 3.77. The molecular formula is C16H23NO. The Bertz CT molecular complexity index is 431. The van der Waals surface area contributed by atoms with E-state index in [1.54, 1.807) is 0 Å². The molecule has 0 radical (unpaired) electrons. The fourth-order valence-electron chi connectivity index (χ4n) is 3.77. The van der Waals surface area contributed by atoms with Crippen molar-refractivity contribution in [3.8, 4) is 5.75 Å². The number of hydrogen-bond acceptors (Lipinski definition) is 2. The Kier molecular flexibility index (Phi) is 3.06. The summed E-state index contributed by atoms with van der Waals surface area (Å²) in [7, 11) is 2.06. The Labute approximate surface area is 110 Å². The molecule has 2 heteroatoms. The molecule has 1 aromatic rings. The van der Waals surface area contributed by atoms with E-state index >= 15 is 0 Å². The number of nitrogens with one attached hydrogen (secondary N) is 1. The number of hydrogen-bond donors (Lipinski definition) is 1. The zero-order valence-corrected chi connectivity index (χ0v) is 11.4. The first-order valence-corrected chi connectivity index (χ1v) is 7.18. The first-order chi connectivity index (χ1) is 8.72. The van der Waals surface area contributed by atoms with Gasteiger partial charge in [0.05, 0.1) is 0 Å². The summed E-state index contributed by atoms with van der Waals surface area (Å²) in [6.07, 6.45) is 6.20. The van der Waals surface area contributed by atoms with Crippen molar-refractivity contribution in [1.82, 2.24) is 5.32 Å². The van der Waals surface area contributed by atoms with Gasteiger partial charge in [-0.1, -0.05) is 31.5 Å². The van der Waals surface area contributed by atoms with Gasteiger partial charge in [-0.3, -0.25) is 0 Å². The van der Waals surface area contributed by atoms with E-state index in [0.717, 1.165) is 18.1 Å². The summed E-state index contributed by atoms with van der Waals surface area (Å²) in [6, 6.07) is 8.94. The predicted octanol–water partition coefficient (Wildman–Crippen LogP) is 3.68. The first-order valence-electron chi connectivity index (χ1n) is 7.18. The van der Waals surface area contributed by atoms with Crippen molar-refractivity contribution in [3.63, 3.8) is 0 Å². The monoisotopic (exact) mass is 245 g/mol. The molecule has 0 saturated heterocycles. The van der Waals surface area contributed by atoms with E-state index in [2.05, 4.69) is 43.6 Å². The Balaban J connectivity index is 1.93. The molecule has 1 aliphatic heterocycles. The SMILES string of the molecule is CNC1CC2(CCCC(C)C2)Oc2ccccc21. The minimum absolute atomic E-state index is 0.0830. The molecule has 2 aliphatic rings. The van der Waals surface area contributed by atoms with Crippen molar-refractivity contribution in [2.75, 3.05) is 7.05 Å². The van der Waals surface area contributed by atoms with Crippen LogP contribution in [-0.2, 0) is 0 Å². The van der Waals surface area contributed by atoms with Gasteiger partial charge in [-0.15, -0.1) is 0 Å². The molecule has 0 aromatic heterocycles. The van der Waals surface area contributed by atoms with Gasteiger partial charge in [-0.25, -0.2) is 0 Å². The lowest BCUT2D eigenvalue weighted by atomic mass is 9.73. The van der Waals surface area contributed by atoms with Crippen molar-refractivity contribution < 1.29 is 4.74 Å². The first kappa shape index (κ1) is 12.0. The third kappa shape index (κ3) is 2.03. The second-order valence-corrected chi connectivity index (χ2v) is 6.07. The lowest BCUT2D eigenvalue weighted by Gasteiger charge is -2.46. The molecule has 18 heavy (non-hydrogen) atoms. The molecule has 1 spiro atoms. The summed E-state index contributed by atoms with van der Waals surface area (Å²) in [5.41, 5.74) is 1.41. The summed E-state index contributed by atoms with van der Waals surface area (Å²) < 4.78 is 6.42.